The second kappa shape index (κ2) is 10.6. The van der Waals surface area contributed by atoms with Crippen molar-refractivity contribution in [2.45, 2.75) is 38.8 Å². The van der Waals surface area contributed by atoms with Crippen molar-refractivity contribution >= 4 is 23.3 Å². The summed E-state index contributed by atoms with van der Waals surface area (Å²) in [7, 11) is 0. The van der Waals surface area contributed by atoms with Gasteiger partial charge in [-0.3, -0.25) is 4.90 Å². The fourth-order valence-corrected chi connectivity index (χ4v) is 4.29. The molecule has 3 N–H and O–H groups in total. The van der Waals surface area contributed by atoms with Gasteiger partial charge in [-0.05, 0) is 60.7 Å². The van der Waals surface area contributed by atoms with Gasteiger partial charge >= 0.3 is 0 Å². The van der Waals surface area contributed by atoms with Gasteiger partial charge in [0, 0.05) is 31.4 Å². The molecule has 1 saturated heterocycles. The number of hydrogen-bond acceptors (Lipinski definition) is 8. The summed E-state index contributed by atoms with van der Waals surface area (Å²) in [6.45, 7) is 9.52. The van der Waals surface area contributed by atoms with E-state index in [0.717, 1.165) is 53.8 Å². The zero-order chi connectivity index (χ0) is 21.5. The molecule has 0 aliphatic carbocycles. The van der Waals surface area contributed by atoms with Crippen LogP contribution in [0.1, 0.15) is 26.3 Å². The topological polar surface area (TPSA) is 92.8 Å². The van der Waals surface area contributed by atoms with Crippen molar-refractivity contribution in [2.24, 2.45) is 10.9 Å². The molecule has 0 amide bonds. The summed E-state index contributed by atoms with van der Waals surface area (Å²) in [5.41, 5.74) is 8.83. The minimum atomic E-state index is 0.104. The van der Waals surface area contributed by atoms with Crippen LogP contribution in [0.2, 0.25) is 0 Å². The Hall–Kier alpha value is -2.42. The molecule has 1 aliphatic rings. The maximum Gasteiger partial charge on any atom is 0.127 e. The largest absolute Gasteiger partial charge is 0.404 e. The predicted molar refractivity (Wildman–Crippen MR) is 124 cm³/mol. The SMILES string of the molecule is C/C(=C/N)SC(C)Nc1cc(CN2CCOC(C)C2)cc(-c2cccc(N=O)c2)n1. The molecule has 0 radical (unpaired) electrons. The van der Waals surface area contributed by atoms with Crippen LogP contribution in [0.3, 0.4) is 0 Å². The Kier molecular flexibility index (Phi) is 7.84. The Balaban J connectivity index is 1.89. The molecular weight excluding hydrogens is 398 g/mol. The summed E-state index contributed by atoms with van der Waals surface area (Å²) >= 11 is 1.65. The van der Waals surface area contributed by atoms with E-state index in [1.165, 1.54) is 0 Å². The molecule has 1 aromatic carbocycles. The van der Waals surface area contributed by atoms with Crippen LogP contribution >= 0.6 is 11.8 Å². The summed E-state index contributed by atoms with van der Waals surface area (Å²) < 4.78 is 5.66. The number of pyridine rings is 1. The average molecular weight is 428 g/mol. The number of aromatic nitrogens is 1. The van der Waals surface area contributed by atoms with Crippen molar-refractivity contribution in [3.05, 3.63) is 58.0 Å². The molecule has 2 aromatic rings. The van der Waals surface area contributed by atoms with Gasteiger partial charge in [-0.15, -0.1) is 16.7 Å². The molecule has 160 valence electrons. The summed E-state index contributed by atoms with van der Waals surface area (Å²) in [5, 5.41) is 6.62. The molecule has 2 heterocycles. The number of ether oxygens (including phenoxy) is 1. The van der Waals surface area contributed by atoms with E-state index in [1.807, 2.05) is 19.1 Å². The maximum absolute atomic E-state index is 11.0. The lowest BCUT2D eigenvalue weighted by atomic mass is 10.1. The van der Waals surface area contributed by atoms with E-state index in [-0.39, 0.29) is 11.5 Å². The molecule has 1 fully saturated rings. The molecule has 30 heavy (non-hydrogen) atoms. The van der Waals surface area contributed by atoms with Crippen molar-refractivity contribution < 1.29 is 4.74 Å². The highest BCUT2D eigenvalue weighted by Crippen LogP contribution is 2.28. The number of anilines is 1. The third-order valence-corrected chi connectivity index (χ3v) is 5.79. The number of nitrogens with two attached hydrogens (primary N) is 1. The number of thioether (sulfide) groups is 1. The number of nitroso groups, excluding NO2 is 1. The minimum Gasteiger partial charge on any atom is -0.404 e. The van der Waals surface area contributed by atoms with E-state index < -0.39 is 0 Å². The van der Waals surface area contributed by atoms with Gasteiger partial charge in [0.05, 0.1) is 23.8 Å². The first kappa shape index (κ1) is 22.3. The number of nitrogens with one attached hydrogen (secondary N) is 1. The van der Waals surface area contributed by atoms with Crippen molar-refractivity contribution in [3.8, 4) is 11.3 Å². The molecule has 0 spiro atoms. The van der Waals surface area contributed by atoms with Crippen LogP contribution in [-0.4, -0.2) is 41.1 Å². The molecule has 1 aromatic heterocycles. The molecule has 0 saturated carbocycles. The highest BCUT2D eigenvalue weighted by atomic mass is 32.2. The van der Waals surface area contributed by atoms with Crippen LogP contribution in [0, 0.1) is 4.91 Å². The standard InChI is InChI=1S/C22H29N5O2S/c1-15-13-27(7-8-29-15)14-18-9-21(19-5-4-6-20(11-19)26-28)25-22(10-18)24-17(3)30-16(2)12-23/h4-6,9-12,15,17H,7-8,13-14,23H2,1-3H3,(H,24,25)/b16-12-. The van der Waals surface area contributed by atoms with Crippen LogP contribution in [0.15, 0.2) is 52.7 Å². The highest BCUT2D eigenvalue weighted by Gasteiger charge is 2.18. The normalized spacial score (nSPS) is 18.8. The monoisotopic (exact) mass is 427 g/mol. The average Bonchev–Trinajstić information content (AvgIpc) is 2.73. The van der Waals surface area contributed by atoms with E-state index in [4.69, 9.17) is 15.5 Å². The summed E-state index contributed by atoms with van der Waals surface area (Å²) in [6.07, 6.45) is 1.84. The predicted octanol–water partition coefficient (Wildman–Crippen LogP) is 4.68. The first-order chi connectivity index (χ1) is 14.5. The number of rotatable bonds is 8. The molecule has 2 atom stereocenters. The summed E-state index contributed by atoms with van der Waals surface area (Å²) in [4.78, 5) is 19.2. The zero-order valence-electron chi connectivity index (χ0n) is 17.7. The Morgan fingerprint density at radius 2 is 2.30 bits per heavy atom. The third-order valence-electron chi connectivity index (χ3n) is 4.81. The van der Waals surface area contributed by atoms with Crippen molar-refractivity contribution in [1.82, 2.24) is 9.88 Å². The van der Waals surface area contributed by atoms with Gasteiger partial charge < -0.3 is 15.8 Å². The first-order valence-electron chi connectivity index (χ1n) is 10.1. The number of benzene rings is 1. The molecule has 8 heteroatoms. The smallest absolute Gasteiger partial charge is 0.127 e. The van der Waals surface area contributed by atoms with Crippen molar-refractivity contribution in [2.75, 3.05) is 25.0 Å². The lowest BCUT2D eigenvalue weighted by Crippen LogP contribution is -2.40. The third kappa shape index (κ3) is 6.29. The number of nitrogens with zero attached hydrogens (tertiary/aromatic N) is 3. The van der Waals surface area contributed by atoms with Crippen LogP contribution in [0.5, 0.6) is 0 Å². The minimum absolute atomic E-state index is 0.104. The Morgan fingerprint density at radius 3 is 3.03 bits per heavy atom. The maximum atomic E-state index is 11.0. The van der Waals surface area contributed by atoms with Crippen molar-refractivity contribution in [3.63, 3.8) is 0 Å². The van der Waals surface area contributed by atoms with Gasteiger partial charge in [-0.25, -0.2) is 4.98 Å². The first-order valence-corrected chi connectivity index (χ1v) is 10.9. The fourth-order valence-electron chi connectivity index (χ4n) is 3.47. The van der Waals surface area contributed by atoms with Crippen LogP contribution in [0.4, 0.5) is 11.5 Å². The van der Waals surface area contributed by atoms with Gasteiger partial charge in [0.25, 0.3) is 0 Å². The number of hydrogen-bond donors (Lipinski definition) is 2. The van der Waals surface area contributed by atoms with Gasteiger partial charge in [-0.1, -0.05) is 12.1 Å². The van der Waals surface area contributed by atoms with Gasteiger partial charge in [0.2, 0.25) is 0 Å². The summed E-state index contributed by atoms with van der Waals surface area (Å²) in [5.74, 6) is 0.790. The van der Waals surface area contributed by atoms with E-state index in [2.05, 4.69) is 41.4 Å². The molecule has 0 bridgehead atoms. The van der Waals surface area contributed by atoms with Crippen molar-refractivity contribution in [1.29, 1.82) is 0 Å². The Bertz CT molecular complexity index is 905. The molecular formula is C22H29N5O2S. The van der Waals surface area contributed by atoms with Gasteiger partial charge in [0.15, 0.2) is 0 Å². The second-order valence-electron chi connectivity index (χ2n) is 7.49. The number of morpholine rings is 1. The van der Waals surface area contributed by atoms with E-state index in [9.17, 15) is 4.91 Å². The summed E-state index contributed by atoms with van der Waals surface area (Å²) in [6, 6.07) is 11.4. The molecule has 2 unspecified atom stereocenters. The second-order valence-corrected chi connectivity index (χ2v) is 9.07. The van der Waals surface area contributed by atoms with Crippen LogP contribution in [0.25, 0.3) is 11.3 Å². The van der Waals surface area contributed by atoms with Crippen LogP contribution < -0.4 is 11.1 Å². The van der Waals surface area contributed by atoms with E-state index in [1.54, 1.807) is 30.1 Å². The van der Waals surface area contributed by atoms with Gasteiger partial charge in [0.1, 0.15) is 11.5 Å². The van der Waals surface area contributed by atoms with Gasteiger partial charge in [-0.2, -0.15) is 0 Å². The number of allylic oxidation sites excluding steroid dienone is 1. The zero-order valence-corrected chi connectivity index (χ0v) is 18.5. The Morgan fingerprint density at radius 1 is 1.47 bits per heavy atom. The highest BCUT2D eigenvalue weighted by molar-refractivity contribution is 8.03. The fraction of sp³-hybridized carbons (Fsp3) is 0.409. The molecule has 1 aliphatic heterocycles. The lowest BCUT2D eigenvalue weighted by molar-refractivity contribution is -0.0212. The quantitative estimate of drug-likeness (QED) is 0.467. The molecule has 7 nitrogen and oxygen atoms in total. The lowest BCUT2D eigenvalue weighted by Gasteiger charge is -2.31. The van der Waals surface area contributed by atoms with E-state index in [0.29, 0.717) is 5.69 Å². The Labute approximate surface area is 182 Å². The van der Waals surface area contributed by atoms with E-state index >= 15 is 0 Å². The molecule has 3 rings (SSSR count). The van der Waals surface area contributed by atoms with Crippen LogP contribution in [-0.2, 0) is 11.3 Å².